The molecule has 0 bridgehead atoms. The lowest BCUT2D eigenvalue weighted by atomic mass is 10.1. The number of aromatic nitrogens is 2. The molecule has 0 aliphatic carbocycles. The summed E-state index contributed by atoms with van der Waals surface area (Å²) in [6.45, 7) is 1.68. The summed E-state index contributed by atoms with van der Waals surface area (Å²) in [5.41, 5.74) is 2.42. The molecule has 3 aromatic rings. The average molecular weight is 436 g/mol. The first-order valence-corrected chi connectivity index (χ1v) is 9.92. The zero-order valence-electron chi connectivity index (χ0n) is 17.0. The van der Waals surface area contributed by atoms with Crippen molar-refractivity contribution >= 4 is 11.6 Å². The van der Waals surface area contributed by atoms with Crippen LogP contribution in [0.1, 0.15) is 6.42 Å². The molecule has 4 rings (SSSR count). The normalized spacial score (nSPS) is 13.3. The predicted molar refractivity (Wildman–Crippen MR) is 114 cm³/mol. The minimum absolute atomic E-state index is 0.0117. The van der Waals surface area contributed by atoms with E-state index in [1.54, 1.807) is 36.4 Å². The zero-order chi connectivity index (χ0) is 22.3. The van der Waals surface area contributed by atoms with E-state index in [2.05, 4.69) is 15.5 Å². The topological polar surface area (TPSA) is 130 Å². The summed E-state index contributed by atoms with van der Waals surface area (Å²) in [6.07, 6.45) is 2.80. The zero-order valence-corrected chi connectivity index (χ0v) is 17.0. The Morgan fingerprint density at radius 3 is 2.56 bits per heavy atom. The van der Waals surface area contributed by atoms with Gasteiger partial charge in [0.2, 0.25) is 5.82 Å². The molecule has 0 saturated heterocycles. The van der Waals surface area contributed by atoms with Crippen molar-refractivity contribution < 1.29 is 23.7 Å². The molecule has 32 heavy (non-hydrogen) atoms. The van der Waals surface area contributed by atoms with Crippen LogP contribution >= 0.6 is 0 Å². The van der Waals surface area contributed by atoms with Crippen LogP contribution in [0.3, 0.4) is 0 Å². The summed E-state index contributed by atoms with van der Waals surface area (Å²) >= 11 is 0. The van der Waals surface area contributed by atoms with Gasteiger partial charge in [-0.25, -0.2) is 0 Å². The van der Waals surface area contributed by atoms with Gasteiger partial charge in [0.05, 0.1) is 18.1 Å². The highest BCUT2D eigenvalue weighted by Gasteiger charge is 2.13. The number of ether oxygens (including phenoxy) is 2. The minimum atomic E-state index is -0.470. The van der Waals surface area contributed by atoms with Crippen LogP contribution < -0.4 is 10.1 Å². The van der Waals surface area contributed by atoms with E-state index in [-0.39, 0.29) is 18.2 Å². The third kappa shape index (κ3) is 5.35. The molecule has 1 aromatic heterocycles. The number of nitro benzene ring substituents is 1. The fourth-order valence-corrected chi connectivity index (χ4v) is 3.02. The highest BCUT2D eigenvalue weighted by atomic mass is 16.6. The van der Waals surface area contributed by atoms with Gasteiger partial charge < -0.3 is 19.3 Å². The largest absolute Gasteiger partial charge is 0.484 e. The summed E-state index contributed by atoms with van der Waals surface area (Å²) in [5.74, 6) is 0.953. The van der Waals surface area contributed by atoms with Gasteiger partial charge in [-0.1, -0.05) is 16.8 Å². The number of carbonyl (C=O) groups excluding carboxylic acids is 1. The fourth-order valence-electron chi connectivity index (χ4n) is 3.02. The predicted octanol–water partition coefficient (Wildman–Crippen LogP) is 3.15. The lowest BCUT2D eigenvalue weighted by Crippen LogP contribution is -2.31. The summed E-state index contributed by atoms with van der Waals surface area (Å²) < 4.78 is 16.1. The third-order valence-electron chi connectivity index (χ3n) is 4.80. The first-order valence-electron chi connectivity index (χ1n) is 9.92. The van der Waals surface area contributed by atoms with E-state index >= 15 is 0 Å². The Kier molecular flexibility index (Phi) is 6.52. The maximum Gasteiger partial charge on any atom is 0.269 e. The standard InChI is InChI=1S/C22H20N4O6/c27-20(23-13-15-9-11-30-12-10-15)14-31-19-7-3-17(4-8-19)22-24-21(25-32-22)16-1-5-18(6-2-16)26(28)29/h1-9H,10-14H2,(H,23,27). The molecule has 10 heteroatoms. The number of rotatable bonds is 8. The smallest absolute Gasteiger partial charge is 0.269 e. The summed E-state index contributed by atoms with van der Waals surface area (Å²) in [6, 6.07) is 12.8. The van der Waals surface area contributed by atoms with E-state index < -0.39 is 4.92 Å². The van der Waals surface area contributed by atoms with Crippen molar-refractivity contribution in [2.75, 3.05) is 26.4 Å². The highest BCUT2D eigenvalue weighted by Crippen LogP contribution is 2.25. The number of hydrogen-bond acceptors (Lipinski definition) is 8. The molecule has 1 N–H and O–H groups in total. The third-order valence-corrected chi connectivity index (χ3v) is 4.80. The molecule has 0 fully saturated rings. The van der Waals surface area contributed by atoms with Crippen LogP contribution in [0, 0.1) is 10.1 Å². The molecule has 10 nitrogen and oxygen atoms in total. The second kappa shape index (κ2) is 9.84. The van der Waals surface area contributed by atoms with Crippen molar-refractivity contribution in [1.82, 2.24) is 15.5 Å². The summed E-state index contributed by atoms with van der Waals surface area (Å²) in [4.78, 5) is 26.6. The Morgan fingerprint density at radius 1 is 1.12 bits per heavy atom. The first-order chi connectivity index (χ1) is 15.6. The van der Waals surface area contributed by atoms with Crippen LogP contribution in [0.5, 0.6) is 5.75 Å². The minimum Gasteiger partial charge on any atom is -0.484 e. The van der Waals surface area contributed by atoms with Gasteiger partial charge in [-0.3, -0.25) is 14.9 Å². The molecule has 2 aromatic carbocycles. The first kappa shape index (κ1) is 21.2. The second-order valence-corrected chi connectivity index (χ2v) is 7.00. The van der Waals surface area contributed by atoms with E-state index in [1.807, 2.05) is 6.08 Å². The van der Waals surface area contributed by atoms with E-state index in [9.17, 15) is 14.9 Å². The Hall–Kier alpha value is -4.05. The van der Waals surface area contributed by atoms with E-state index in [0.29, 0.717) is 48.4 Å². The number of amides is 1. The second-order valence-electron chi connectivity index (χ2n) is 7.00. The van der Waals surface area contributed by atoms with Gasteiger partial charge in [-0.15, -0.1) is 0 Å². The molecule has 0 unspecified atom stereocenters. The number of nitrogens with zero attached hydrogens (tertiary/aromatic N) is 3. The summed E-state index contributed by atoms with van der Waals surface area (Å²) in [7, 11) is 0. The quantitative estimate of drug-likeness (QED) is 0.324. The summed E-state index contributed by atoms with van der Waals surface area (Å²) in [5, 5.41) is 17.5. The van der Waals surface area contributed by atoms with Crippen LogP contribution in [0.25, 0.3) is 22.8 Å². The number of nitrogens with one attached hydrogen (secondary N) is 1. The lowest BCUT2D eigenvalue weighted by Gasteiger charge is -2.14. The molecular formula is C22H20N4O6. The van der Waals surface area contributed by atoms with Crippen LogP contribution in [-0.2, 0) is 9.53 Å². The van der Waals surface area contributed by atoms with Gasteiger partial charge in [-0.05, 0) is 42.8 Å². The average Bonchev–Trinajstić information content (AvgIpc) is 3.33. The molecule has 164 valence electrons. The molecule has 1 aliphatic heterocycles. The molecule has 0 saturated carbocycles. The molecule has 1 aliphatic rings. The van der Waals surface area contributed by atoms with Gasteiger partial charge in [0.1, 0.15) is 5.75 Å². The van der Waals surface area contributed by atoms with E-state index in [4.69, 9.17) is 14.0 Å². The maximum absolute atomic E-state index is 12.0. The van der Waals surface area contributed by atoms with Crippen molar-refractivity contribution in [1.29, 1.82) is 0 Å². The van der Waals surface area contributed by atoms with Gasteiger partial charge >= 0.3 is 0 Å². The number of carbonyl (C=O) groups is 1. The van der Waals surface area contributed by atoms with Crippen molar-refractivity contribution in [2.45, 2.75) is 6.42 Å². The highest BCUT2D eigenvalue weighted by molar-refractivity contribution is 5.77. The molecule has 2 heterocycles. The van der Waals surface area contributed by atoms with E-state index in [0.717, 1.165) is 12.0 Å². The molecule has 0 radical (unpaired) electrons. The Bertz CT molecular complexity index is 1120. The number of nitro groups is 1. The van der Waals surface area contributed by atoms with Crippen LogP contribution in [0.15, 0.2) is 64.7 Å². The van der Waals surface area contributed by atoms with Gasteiger partial charge in [0, 0.05) is 29.8 Å². The molecule has 1 amide bonds. The van der Waals surface area contributed by atoms with Crippen molar-refractivity contribution in [3.8, 4) is 28.6 Å². The van der Waals surface area contributed by atoms with Crippen LogP contribution in [-0.4, -0.2) is 47.3 Å². The number of benzene rings is 2. The van der Waals surface area contributed by atoms with Gasteiger partial charge in [0.25, 0.3) is 17.5 Å². The Morgan fingerprint density at radius 2 is 1.88 bits per heavy atom. The van der Waals surface area contributed by atoms with Crippen molar-refractivity contribution in [3.05, 3.63) is 70.3 Å². The monoisotopic (exact) mass is 436 g/mol. The lowest BCUT2D eigenvalue weighted by molar-refractivity contribution is -0.384. The number of hydrogen-bond donors (Lipinski definition) is 1. The van der Waals surface area contributed by atoms with Gasteiger partial charge in [-0.2, -0.15) is 4.98 Å². The Balaban J connectivity index is 1.31. The van der Waals surface area contributed by atoms with Crippen LogP contribution in [0.4, 0.5) is 5.69 Å². The van der Waals surface area contributed by atoms with E-state index in [1.165, 1.54) is 12.1 Å². The fraction of sp³-hybridized carbons (Fsp3) is 0.227. The Labute approximate surface area is 183 Å². The number of non-ortho nitro benzene ring substituents is 1. The SMILES string of the molecule is O=C(COc1ccc(-c2nc(-c3ccc([N+](=O)[O-])cc3)no2)cc1)NCC1=CCOCC1. The maximum atomic E-state index is 12.0. The molecule has 0 spiro atoms. The van der Waals surface area contributed by atoms with Gasteiger partial charge in [0.15, 0.2) is 6.61 Å². The van der Waals surface area contributed by atoms with Crippen molar-refractivity contribution in [2.24, 2.45) is 0 Å². The molecule has 0 atom stereocenters. The van der Waals surface area contributed by atoms with Crippen molar-refractivity contribution in [3.63, 3.8) is 0 Å². The van der Waals surface area contributed by atoms with Crippen LogP contribution in [0.2, 0.25) is 0 Å². The molecular weight excluding hydrogens is 416 g/mol.